The molecule has 0 heterocycles. The van der Waals surface area contributed by atoms with E-state index < -0.39 is 9.84 Å². The molecule has 0 radical (unpaired) electrons. The first-order valence-electron chi connectivity index (χ1n) is 6.37. The van der Waals surface area contributed by atoms with Crippen molar-refractivity contribution in [2.75, 3.05) is 12.0 Å². The van der Waals surface area contributed by atoms with Crippen LogP contribution in [0.4, 0.5) is 5.69 Å². The van der Waals surface area contributed by atoms with Crippen LogP contribution in [0.5, 0.6) is 5.75 Å². The van der Waals surface area contributed by atoms with Crippen molar-refractivity contribution >= 4 is 38.7 Å². The molecule has 2 unspecified atom stereocenters. The fourth-order valence-corrected chi connectivity index (χ4v) is 3.91. The van der Waals surface area contributed by atoms with Gasteiger partial charge in [0, 0.05) is 18.7 Å². The van der Waals surface area contributed by atoms with Gasteiger partial charge in [-0.25, -0.2) is 8.42 Å². The fourth-order valence-electron chi connectivity index (χ4n) is 2.42. The molecule has 2 atom stereocenters. The van der Waals surface area contributed by atoms with E-state index in [1.165, 1.54) is 12.3 Å². The Labute approximate surface area is 129 Å². The maximum absolute atomic E-state index is 11.6. The zero-order valence-corrected chi connectivity index (χ0v) is 13.4. The van der Waals surface area contributed by atoms with Gasteiger partial charge in [-0.1, -0.05) is 23.2 Å². The Morgan fingerprint density at radius 2 is 1.90 bits per heavy atom. The van der Waals surface area contributed by atoms with Crippen LogP contribution in [0.15, 0.2) is 12.1 Å². The molecule has 0 amide bonds. The van der Waals surface area contributed by atoms with Crippen LogP contribution in [-0.4, -0.2) is 26.0 Å². The van der Waals surface area contributed by atoms with Gasteiger partial charge in [0.1, 0.15) is 21.7 Å². The van der Waals surface area contributed by atoms with E-state index in [-0.39, 0.29) is 11.4 Å². The van der Waals surface area contributed by atoms with Gasteiger partial charge in [-0.05, 0) is 25.3 Å². The first kappa shape index (κ1) is 15.7. The predicted molar refractivity (Wildman–Crippen MR) is 82.4 cm³/mol. The predicted octanol–water partition coefficient (Wildman–Crippen LogP) is 3.31. The molecule has 4 nitrogen and oxygen atoms in total. The molecular formula is C13H17Cl2NO3S. The standard InChI is InChI=1S/C13H17Cl2NO3S/c1-20(17,18)9-4-2-3-8(5-9)19-13-7-11(15)10(14)6-12(13)16/h6-9H,2-5,16H2,1H3. The van der Waals surface area contributed by atoms with Crippen molar-refractivity contribution in [2.24, 2.45) is 0 Å². The van der Waals surface area contributed by atoms with Crippen molar-refractivity contribution in [2.45, 2.75) is 37.0 Å². The van der Waals surface area contributed by atoms with E-state index in [2.05, 4.69) is 0 Å². The maximum Gasteiger partial charge on any atom is 0.150 e. The average molecular weight is 338 g/mol. The third-order valence-electron chi connectivity index (χ3n) is 3.53. The van der Waals surface area contributed by atoms with E-state index in [0.29, 0.717) is 34.3 Å². The van der Waals surface area contributed by atoms with Gasteiger partial charge in [0.05, 0.1) is 21.0 Å². The number of nitrogen functional groups attached to an aromatic ring is 1. The van der Waals surface area contributed by atoms with Crippen molar-refractivity contribution in [3.05, 3.63) is 22.2 Å². The number of benzene rings is 1. The topological polar surface area (TPSA) is 69.4 Å². The molecular weight excluding hydrogens is 321 g/mol. The zero-order chi connectivity index (χ0) is 14.9. The van der Waals surface area contributed by atoms with Gasteiger partial charge < -0.3 is 10.5 Å². The van der Waals surface area contributed by atoms with Crippen LogP contribution < -0.4 is 10.5 Å². The number of nitrogens with two attached hydrogens (primary N) is 1. The summed E-state index contributed by atoms with van der Waals surface area (Å²) in [6.45, 7) is 0. The van der Waals surface area contributed by atoms with E-state index in [1.54, 1.807) is 6.07 Å². The van der Waals surface area contributed by atoms with Crippen LogP contribution in [0.3, 0.4) is 0 Å². The molecule has 0 spiro atoms. The van der Waals surface area contributed by atoms with E-state index in [4.69, 9.17) is 33.7 Å². The summed E-state index contributed by atoms with van der Waals surface area (Å²) in [4.78, 5) is 0. The van der Waals surface area contributed by atoms with Gasteiger partial charge in [0.15, 0.2) is 0 Å². The summed E-state index contributed by atoms with van der Waals surface area (Å²) in [5.74, 6) is 0.457. The summed E-state index contributed by atoms with van der Waals surface area (Å²) >= 11 is 11.8. The highest BCUT2D eigenvalue weighted by molar-refractivity contribution is 7.91. The number of ether oxygens (including phenoxy) is 1. The SMILES string of the molecule is CS(=O)(=O)C1CCCC(Oc2cc(Cl)c(Cl)cc2N)C1. The Hall–Kier alpha value is -0.650. The van der Waals surface area contributed by atoms with Crippen molar-refractivity contribution in [1.82, 2.24) is 0 Å². The number of anilines is 1. The number of hydrogen-bond donors (Lipinski definition) is 1. The molecule has 0 aromatic heterocycles. The molecule has 20 heavy (non-hydrogen) atoms. The highest BCUT2D eigenvalue weighted by Gasteiger charge is 2.30. The average Bonchev–Trinajstić information content (AvgIpc) is 2.35. The smallest absolute Gasteiger partial charge is 0.150 e. The second kappa shape index (κ2) is 6.00. The molecule has 1 aromatic rings. The minimum Gasteiger partial charge on any atom is -0.488 e. The maximum atomic E-state index is 11.6. The molecule has 1 aromatic carbocycles. The lowest BCUT2D eigenvalue weighted by Gasteiger charge is -2.29. The van der Waals surface area contributed by atoms with Gasteiger partial charge in [0.25, 0.3) is 0 Å². The van der Waals surface area contributed by atoms with Crippen molar-refractivity contribution in [1.29, 1.82) is 0 Å². The van der Waals surface area contributed by atoms with E-state index in [9.17, 15) is 8.42 Å². The molecule has 7 heteroatoms. The fraction of sp³-hybridized carbons (Fsp3) is 0.538. The van der Waals surface area contributed by atoms with E-state index in [1.807, 2.05) is 0 Å². The third-order valence-corrected chi connectivity index (χ3v) is 5.89. The summed E-state index contributed by atoms with van der Waals surface area (Å²) < 4.78 is 29.1. The van der Waals surface area contributed by atoms with Crippen molar-refractivity contribution in [3.63, 3.8) is 0 Å². The van der Waals surface area contributed by atoms with Gasteiger partial charge in [-0.15, -0.1) is 0 Å². The molecule has 2 rings (SSSR count). The van der Waals surface area contributed by atoms with Crippen LogP contribution in [0.1, 0.15) is 25.7 Å². The quantitative estimate of drug-likeness (QED) is 0.859. The lowest BCUT2D eigenvalue weighted by atomic mass is 9.97. The minimum absolute atomic E-state index is 0.164. The molecule has 1 aliphatic carbocycles. The lowest BCUT2D eigenvalue weighted by Crippen LogP contribution is -2.33. The van der Waals surface area contributed by atoms with E-state index >= 15 is 0 Å². The number of hydrogen-bond acceptors (Lipinski definition) is 4. The van der Waals surface area contributed by atoms with Gasteiger partial charge in [-0.2, -0.15) is 0 Å². The van der Waals surface area contributed by atoms with Gasteiger partial charge in [0.2, 0.25) is 0 Å². The Kier molecular flexibility index (Phi) is 4.72. The monoisotopic (exact) mass is 337 g/mol. The van der Waals surface area contributed by atoms with E-state index in [0.717, 1.165) is 12.8 Å². The molecule has 1 fully saturated rings. The largest absolute Gasteiger partial charge is 0.488 e. The third kappa shape index (κ3) is 3.71. The molecule has 1 aliphatic rings. The summed E-state index contributed by atoms with van der Waals surface area (Å²) in [5, 5.41) is 0.394. The first-order chi connectivity index (χ1) is 9.27. The van der Waals surface area contributed by atoms with Crippen LogP contribution in [0.25, 0.3) is 0 Å². The van der Waals surface area contributed by atoms with Crippen LogP contribution >= 0.6 is 23.2 Å². The molecule has 0 aliphatic heterocycles. The normalized spacial score (nSPS) is 23.6. The Morgan fingerprint density at radius 3 is 2.55 bits per heavy atom. The minimum atomic E-state index is -3.03. The molecule has 1 saturated carbocycles. The molecule has 112 valence electrons. The Bertz CT molecular complexity index is 604. The number of sulfone groups is 1. The van der Waals surface area contributed by atoms with Gasteiger partial charge in [-0.3, -0.25) is 0 Å². The van der Waals surface area contributed by atoms with Crippen molar-refractivity contribution < 1.29 is 13.2 Å². The highest BCUT2D eigenvalue weighted by Crippen LogP contribution is 2.35. The summed E-state index contributed by atoms with van der Waals surface area (Å²) in [7, 11) is -3.03. The Morgan fingerprint density at radius 1 is 1.25 bits per heavy atom. The first-order valence-corrected chi connectivity index (χ1v) is 9.08. The van der Waals surface area contributed by atoms with Crippen LogP contribution in [0.2, 0.25) is 10.0 Å². The summed E-state index contributed by atoms with van der Waals surface area (Å²) in [5.41, 5.74) is 6.25. The van der Waals surface area contributed by atoms with Crippen LogP contribution in [-0.2, 0) is 9.84 Å². The summed E-state index contributed by atoms with van der Waals surface area (Å²) in [6.07, 6.45) is 3.92. The second-order valence-corrected chi connectivity index (χ2v) is 8.30. The molecule has 2 N–H and O–H groups in total. The molecule has 0 saturated heterocycles. The Balaban J connectivity index is 2.12. The van der Waals surface area contributed by atoms with Crippen molar-refractivity contribution in [3.8, 4) is 5.75 Å². The molecule has 0 bridgehead atoms. The lowest BCUT2D eigenvalue weighted by molar-refractivity contribution is 0.157. The number of rotatable bonds is 3. The van der Waals surface area contributed by atoms with Gasteiger partial charge >= 0.3 is 0 Å². The second-order valence-electron chi connectivity index (χ2n) is 5.16. The highest BCUT2D eigenvalue weighted by atomic mass is 35.5. The van der Waals surface area contributed by atoms with Crippen LogP contribution in [0, 0.1) is 0 Å². The zero-order valence-electron chi connectivity index (χ0n) is 11.1. The summed E-state index contributed by atoms with van der Waals surface area (Å²) in [6, 6.07) is 3.11. The number of halogens is 2.